The standard InChI is InChI=1S/C14H14ClNS/c1-10(11-5-3-2-4-6-11)17-14-9-12(16)7-8-13(14)15/h2-10H,16H2,1H3. The number of thioether (sulfide) groups is 1. The van der Waals surface area contributed by atoms with Gasteiger partial charge in [0.1, 0.15) is 0 Å². The van der Waals surface area contributed by atoms with Crippen LogP contribution in [0.3, 0.4) is 0 Å². The van der Waals surface area contributed by atoms with Crippen molar-refractivity contribution in [1.82, 2.24) is 0 Å². The summed E-state index contributed by atoms with van der Waals surface area (Å²) in [6, 6.07) is 16.0. The van der Waals surface area contributed by atoms with Crippen molar-refractivity contribution in [1.29, 1.82) is 0 Å². The summed E-state index contributed by atoms with van der Waals surface area (Å²) in [6.45, 7) is 2.17. The van der Waals surface area contributed by atoms with E-state index in [4.69, 9.17) is 17.3 Å². The monoisotopic (exact) mass is 263 g/mol. The van der Waals surface area contributed by atoms with Crippen LogP contribution in [0.4, 0.5) is 5.69 Å². The summed E-state index contributed by atoms with van der Waals surface area (Å²) in [5.74, 6) is 0. The molecule has 0 aliphatic carbocycles. The average molecular weight is 264 g/mol. The highest BCUT2D eigenvalue weighted by molar-refractivity contribution is 7.99. The molecule has 0 spiro atoms. The predicted octanol–water partition coefficient (Wildman–Crippen LogP) is 4.78. The zero-order valence-electron chi connectivity index (χ0n) is 9.56. The molecule has 0 aliphatic heterocycles. The minimum atomic E-state index is 0.357. The highest BCUT2D eigenvalue weighted by atomic mass is 35.5. The molecule has 0 saturated carbocycles. The summed E-state index contributed by atoms with van der Waals surface area (Å²) in [5.41, 5.74) is 7.81. The van der Waals surface area contributed by atoms with Crippen LogP contribution in [-0.4, -0.2) is 0 Å². The van der Waals surface area contributed by atoms with E-state index in [1.165, 1.54) is 5.56 Å². The van der Waals surface area contributed by atoms with E-state index in [1.807, 2.05) is 36.4 Å². The van der Waals surface area contributed by atoms with Gasteiger partial charge < -0.3 is 5.73 Å². The van der Waals surface area contributed by atoms with Gasteiger partial charge in [0.2, 0.25) is 0 Å². The number of anilines is 1. The number of benzene rings is 2. The summed E-state index contributed by atoms with van der Waals surface area (Å²) in [7, 11) is 0. The Kier molecular flexibility index (Phi) is 3.97. The molecule has 3 heteroatoms. The van der Waals surface area contributed by atoms with Gasteiger partial charge in [0.15, 0.2) is 0 Å². The van der Waals surface area contributed by atoms with E-state index in [0.717, 1.165) is 15.6 Å². The third kappa shape index (κ3) is 3.18. The molecule has 2 aromatic carbocycles. The Balaban J connectivity index is 2.18. The zero-order valence-corrected chi connectivity index (χ0v) is 11.1. The van der Waals surface area contributed by atoms with E-state index in [2.05, 4.69) is 19.1 Å². The van der Waals surface area contributed by atoms with Crippen molar-refractivity contribution in [2.45, 2.75) is 17.1 Å². The fourth-order valence-corrected chi connectivity index (χ4v) is 2.90. The van der Waals surface area contributed by atoms with Gasteiger partial charge in [-0.2, -0.15) is 0 Å². The first-order valence-corrected chi connectivity index (χ1v) is 6.69. The van der Waals surface area contributed by atoms with Crippen LogP contribution >= 0.6 is 23.4 Å². The average Bonchev–Trinajstić information content (AvgIpc) is 2.35. The quantitative estimate of drug-likeness (QED) is 0.637. The number of hydrogen-bond donors (Lipinski definition) is 1. The molecule has 0 bridgehead atoms. The number of hydrogen-bond acceptors (Lipinski definition) is 2. The van der Waals surface area contributed by atoms with Crippen molar-refractivity contribution in [3.05, 3.63) is 59.1 Å². The van der Waals surface area contributed by atoms with Crippen molar-refractivity contribution in [2.24, 2.45) is 0 Å². The SMILES string of the molecule is CC(Sc1cc(N)ccc1Cl)c1ccccc1. The van der Waals surface area contributed by atoms with Gasteiger partial charge in [-0.05, 0) is 30.7 Å². The second kappa shape index (κ2) is 5.48. The first-order chi connectivity index (χ1) is 8.16. The van der Waals surface area contributed by atoms with Gasteiger partial charge in [-0.15, -0.1) is 11.8 Å². The minimum absolute atomic E-state index is 0.357. The normalized spacial score (nSPS) is 12.4. The van der Waals surface area contributed by atoms with Crippen LogP contribution in [0.5, 0.6) is 0 Å². The van der Waals surface area contributed by atoms with Crippen molar-refractivity contribution in [3.63, 3.8) is 0 Å². The van der Waals surface area contributed by atoms with E-state index in [-0.39, 0.29) is 0 Å². The molecule has 2 aromatic rings. The molecule has 0 fully saturated rings. The molecule has 1 nitrogen and oxygen atoms in total. The highest BCUT2D eigenvalue weighted by Gasteiger charge is 2.09. The third-order valence-electron chi connectivity index (χ3n) is 2.53. The fourth-order valence-electron chi connectivity index (χ4n) is 1.59. The Morgan fingerprint density at radius 3 is 2.53 bits per heavy atom. The molecule has 2 rings (SSSR count). The predicted molar refractivity (Wildman–Crippen MR) is 76.6 cm³/mol. The highest BCUT2D eigenvalue weighted by Crippen LogP contribution is 2.39. The molecule has 1 atom stereocenters. The molecule has 1 unspecified atom stereocenters. The van der Waals surface area contributed by atoms with Gasteiger partial charge in [-0.3, -0.25) is 0 Å². The summed E-state index contributed by atoms with van der Waals surface area (Å²) in [4.78, 5) is 1.03. The van der Waals surface area contributed by atoms with Gasteiger partial charge in [0, 0.05) is 15.8 Å². The maximum atomic E-state index is 6.15. The van der Waals surface area contributed by atoms with Crippen LogP contribution in [0.25, 0.3) is 0 Å². The second-order valence-electron chi connectivity index (χ2n) is 3.86. The Labute approximate surface area is 111 Å². The Morgan fingerprint density at radius 2 is 1.82 bits per heavy atom. The Bertz CT molecular complexity index is 499. The maximum absolute atomic E-state index is 6.15. The van der Waals surface area contributed by atoms with Gasteiger partial charge in [-0.1, -0.05) is 41.9 Å². The van der Waals surface area contributed by atoms with Gasteiger partial charge in [0.05, 0.1) is 5.02 Å². The molecular formula is C14H14ClNS. The molecule has 0 radical (unpaired) electrons. The van der Waals surface area contributed by atoms with Crippen LogP contribution in [0.15, 0.2) is 53.4 Å². The van der Waals surface area contributed by atoms with E-state index < -0.39 is 0 Å². The summed E-state index contributed by atoms with van der Waals surface area (Å²) >= 11 is 7.88. The lowest BCUT2D eigenvalue weighted by Crippen LogP contribution is -1.90. The van der Waals surface area contributed by atoms with Crippen molar-refractivity contribution < 1.29 is 0 Å². The molecule has 0 amide bonds. The maximum Gasteiger partial charge on any atom is 0.0543 e. The van der Waals surface area contributed by atoms with Crippen molar-refractivity contribution in [2.75, 3.05) is 5.73 Å². The van der Waals surface area contributed by atoms with Gasteiger partial charge in [0.25, 0.3) is 0 Å². The minimum Gasteiger partial charge on any atom is -0.399 e. The molecule has 17 heavy (non-hydrogen) atoms. The third-order valence-corrected chi connectivity index (χ3v) is 4.19. The zero-order chi connectivity index (χ0) is 12.3. The Morgan fingerprint density at radius 1 is 1.12 bits per heavy atom. The van der Waals surface area contributed by atoms with Crippen LogP contribution in [0, 0.1) is 0 Å². The number of rotatable bonds is 3. The van der Waals surface area contributed by atoms with Crippen LogP contribution in [0.1, 0.15) is 17.7 Å². The lowest BCUT2D eigenvalue weighted by atomic mass is 10.2. The van der Waals surface area contributed by atoms with Gasteiger partial charge in [-0.25, -0.2) is 0 Å². The first kappa shape index (κ1) is 12.3. The second-order valence-corrected chi connectivity index (χ2v) is 5.65. The van der Waals surface area contributed by atoms with Crippen LogP contribution < -0.4 is 5.73 Å². The van der Waals surface area contributed by atoms with Crippen molar-refractivity contribution >= 4 is 29.1 Å². The summed E-state index contributed by atoms with van der Waals surface area (Å²) in [6.07, 6.45) is 0. The Hall–Kier alpha value is -1.12. The first-order valence-electron chi connectivity index (χ1n) is 5.43. The van der Waals surface area contributed by atoms with Crippen molar-refractivity contribution in [3.8, 4) is 0 Å². The smallest absolute Gasteiger partial charge is 0.0543 e. The lowest BCUT2D eigenvalue weighted by molar-refractivity contribution is 1.10. The van der Waals surface area contributed by atoms with E-state index in [9.17, 15) is 0 Å². The fraction of sp³-hybridized carbons (Fsp3) is 0.143. The number of nitrogens with two attached hydrogens (primary N) is 1. The molecule has 0 aliphatic rings. The molecule has 0 saturated heterocycles. The molecule has 88 valence electrons. The molecule has 0 aromatic heterocycles. The topological polar surface area (TPSA) is 26.0 Å². The molecule has 0 heterocycles. The van der Waals surface area contributed by atoms with Crippen LogP contribution in [0.2, 0.25) is 5.02 Å². The van der Waals surface area contributed by atoms with Crippen LogP contribution in [-0.2, 0) is 0 Å². The van der Waals surface area contributed by atoms with E-state index >= 15 is 0 Å². The largest absolute Gasteiger partial charge is 0.399 e. The summed E-state index contributed by atoms with van der Waals surface area (Å²) in [5, 5.41) is 1.11. The molecule has 2 N–H and O–H groups in total. The molecular weight excluding hydrogens is 250 g/mol. The van der Waals surface area contributed by atoms with E-state index in [1.54, 1.807) is 11.8 Å². The number of nitrogen functional groups attached to an aromatic ring is 1. The number of halogens is 1. The van der Waals surface area contributed by atoms with Gasteiger partial charge >= 0.3 is 0 Å². The lowest BCUT2D eigenvalue weighted by Gasteiger charge is -2.13. The van der Waals surface area contributed by atoms with E-state index in [0.29, 0.717) is 5.25 Å². The summed E-state index contributed by atoms with van der Waals surface area (Å²) < 4.78 is 0.